The molecule has 2 amide bonds. The second-order valence-electron chi connectivity index (χ2n) is 6.04. The van der Waals surface area contributed by atoms with Gasteiger partial charge in [0.05, 0.1) is 18.7 Å². The van der Waals surface area contributed by atoms with Crippen molar-refractivity contribution in [1.29, 1.82) is 0 Å². The lowest BCUT2D eigenvalue weighted by atomic mass is 10.0. The van der Waals surface area contributed by atoms with Gasteiger partial charge in [-0.1, -0.05) is 44.2 Å². The van der Waals surface area contributed by atoms with Crippen LogP contribution in [0.2, 0.25) is 0 Å². The van der Waals surface area contributed by atoms with Crippen molar-refractivity contribution in [3.8, 4) is 0 Å². The molecule has 1 aromatic rings. The number of aliphatic hydroxyl groups is 2. The second kappa shape index (κ2) is 7.28. The zero-order chi connectivity index (χ0) is 17.0. The van der Waals surface area contributed by atoms with E-state index in [1.165, 1.54) is 0 Å². The highest BCUT2D eigenvalue weighted by molar-refractivity contribution is 6.20. The average molecular weight is 318 g/mol. The van der Waals surface area contributed by atoms with Gasteiger partial charge in [0.1, 0.15) is 11.3 Å². The van der Waals surface area contributed by atoms with Crippen LogP contribution in [0.1, 0.15) is 31.9 Å². The monoisotopic (exact) mass is 318 g/mol. The summed E-state index contributed by atoms with van der Waals surface area (Å²) in [5.74, 6) is -1.24. The predicted molar refractivity (Wildman–Crippen MR) is 85.5 cm³/mol. The van der Waals surface area contributed by atoms with Gasteiger partial charge in [-0.05, 0) is 17.9 Å². The van der Waals surface area contributed by atoms with Crippen LogP contribution in [-0.4, -0.2) is 34.7 Å². The van der Waals surface area contributed by atoms with Crippen molar-refractivity contribution in [2.75, 3.05) is 6.61 Å². The van der Waals surface area contributed by atoms with E-state index in [2.05, 4.69) is 10.6 Å². The molecule has 1 heterocycles. The van der Waals surface area contributed by atoms with Gasteiger partial charge >= 0.3 is 0 Å². The van der Waals surface area contributed by atoms with Crippen LogP contribution in [0.4, 0.5) is 0 Å². The fourth-order valence-electron chi connectivity index (χ4n) is 2.60. The molecule has 1 aliphatic rings. The van der Waals surface area contributed by atoms with E-state index in [1.807, 2.05) is 19.9 Å². The van der Waals surface area contributed by atoms with Crippen molar-refractivity contribution in [2.24, 2.45) is 5.92 Å². The fraction of sp³-hybridized carbons (Fsp3) is 0.412. The smallest absolute Gasteiger partial charge is 0.261 e. The maximum atomic E-state index is 12.3. The molecule has 6 nitrogen and oxygen atoms in total. The first-order valence-electron chi connectivity index (χ1n) is 7.64. The van der Waals surface area contributed by atoms with Crippen LogP contribution in [-0.2, 0) is 9.59 Å². The van der Waals surface area contributed by atoms with Gasteiger partial charge in [-0.25, -0.2) is 0 Å². The molecule has 6 heteroatoms. The normalized spacial score (nSPS) is 19.0. The molecule has 0 aliphatic carbocycles. The Morgan fingerprint density at radius 2 is 1.96 bits per heavy atom. The number of aliphatic hydroxyl groups excluding tert-OH is 2. The summed E-state index contributed by atoms with van der Waals surface area (Å²) >= 11 is 0. The van der Waals surface area contributed by atoms with Crippen molar-refractivity contribution < 1.29 is 19.8 Å². The number of rotatable bonds is 6. The van der Waals surface area contributed by atoms with E-state index in [1.54, 1.807) is 24.3 Å². The highest BCUT2D eigenvalue weighted by atomic mass is 16.3. The summed E-state index contributed by atoms with van der Waals surface area (Å²) < 4.78 is 0. The highest BCUT2D eigenvalue weighted by Crippen LogP contribution is 2.22. The van der Waals surface area contributed by atoms with E-state index >= 15 is 0 Å². The molecular weight excluding hydrogens is 296 g/mol. The van der Waals surface area contributed by atoms with Crippen LogP contribution in [0.3, 0.4) is 0 Å². The second-order valence-corrected chi connectivity index (χ2v) is 6.04. The third-order valence-corrected chi connectivity index (χ3v) is 3.74. The molecule has 0 fully saturated rings. The molecule has 2 unspecified atom stereocenters. The molecule has 4 N–H and O–H groups in total. The van der Waals surface area contributed by atoms with Gasteiger partial charge < -0.3 is 20.8 Å². The summed E-state index contributed by atoms with van der Waals surface area (Å²) in [4.78, 5) is 24.3. The molecule has 2 rings (SSSR count). The number of benzene rings is 1. The Hall–Kier alpha value is -2.34. The Bertz CT molecular complexity index is 610. The minimum atomic E-state index is -0.686. The zero-order valence-electron chi connectivity index (χ0n) is 13.2. The Morgan fingerprint density at radius 1 is 1.30 bits per heavy atom. The molecule has 1 aliphatic heterocycles. The van der Waals surface area contributed by atoms with E-state index in [4.69, 9.17) is 0 Å². The van der Waals surface area contributed by atoms with Gasteiger partial charge in [-0.3, -0.25) is 9.59 Å². The summed E-state index contributed by atoms with van der Waals surface area (Å²) in [6, 6.07) is 7.78. The third kappa shape index (κ3) is 3.90. The van der Waals surface area contributed by atoms with Crippen molar-refractivity contribution in [3.63, 3.8) is 0 Å². The zero-order valence-corrected chi connectivity index (χ0v) is 13.2. The Morgan fingerprint density at radius 3 is 2.52 bits per heavy atom. The Labute approximate surface area is 135 Å². The maximum Gasteiger partial charge on any atom is 0.261 e. The molecular formula is C17H22N2O4. The van der Waals surface area contributed by atoms with Gasteiger partial charge in [0.15, 0.2) is 0 Å². The molecule has 0 bridgehead atoms. The average Bonchev–Trinajstić information content (AvgIpc) is 2.79. The summed E-state index contributed by atoms with van der Waals surface area (Å²) in [7, 11) is 0. The number of hydrogen-bond acceptors (Lipinski definition) is 4. The minimum absolute atomic E-state index is 0.231. The molecule has 2 atom stereocenters. The number of nitrogens with one attached hydrogen (secondary N) is 2. The van der Waals surface area contributed by atoms with Crippen LogP contribution in [0.25, 0.3) is 0 Å². The van der Waals surface area contributed by atoms with Gasteiger partial charge in [0, 0.05) is 0 Å². The molecule has 0 spiro atoms. The van der Waals surface area contributed by atoms with Crippen molar-refractivity contribution >= 4 is 11.8 Å². The standard InChI is InChI=1S/C17H22N2O4/c1-10(2)8-12-15(21)14(16(22)18-12)17(23)19-13(9-20)11-6-4-3-5-7-11/h3-7,10,12-13,20-21H,8-9H2,1-2H3,(H,18,22)(H,19,23). The fourth-order valence-corrected chi connectivity index (χ4v) is 2.60. The number of hydrogen-bond donors (Lipinski definition) is 4. The third-order valence-electron chi connectivity index (χ3n) is 3.74. The molecule has 0 aromatic heterocycles. The van der Waals surface area contributed by atoms with E-state index in [0.29, 0.717) is 6.42 Å². The van der Waals surface area contributed by atoms with E-state index < -0.39 is 23.9 Å². The molecule has 0 saturated carbocycles. The molecule has 0 radical (unpaired) electrons. The minimum Gasteiger partial charge on any atom is -0.509 e. The molecule has 1 aromatic carbocycles. The predicted octanol–water partition coefficient (Wildman–Crippen LogP) is 1.19. The maximum absolute atomic E-state index is 12.3. The topological polar surface area (TPSA) is 98.7 Å². The summed E-state index contributed by atoms with van der Waals surface area (Å²) in [5, 5.41) is 24.9. The quantitative estimate of drug-likeness (QED) is 0.592. The SMILES string of the molecule is CC(C)CC1NC(=O)C(C(=O)NC(CO)c2ccccc2)=C1O. The van der Waals surface area contributed by atoms with Crippen LogP contribution in [0, 0.1) is 5.92 Å². The van der Waals surface area contributed by atoms with Gasteiger partial charge in [0.2, 0.25) is 0 Å². The summed E-state index contributed by atoms with van der Waals surface area (Å²) in [6.45, 7) is 3.63. The number of amides is 2. The summed E-state index contributed by atoms with van der Waals surface area (Å²) in [5.41, 5.74) is 0.450. The molecule has 124 valence electrons. The van der Waals surface area contributed by atoms with E-state index in [0.717, 1.165) is 5.56 Å². The number of carbonyl (C=O) groups excluding carboxylic acids is 2. The number of carbonyl (C=O) groups is 2. The molecule has 0 saturated heterocycles. The largest absolute Gasteiger partial charge is 0.509 e. The van der Waals surface area contributed by atoms with E-state index in [-0.39, 0.29) is 23.9 Å². The van der Waals surface area contributed by atoms with Crippen LogP contribution >= 0.6 is 0 Å². The lowest BCUT2D eigenvalue weighted by Crippen LogP contribution is -2.35. The highest BCUT2D eigenvalue weighted by Gasteiger charge is 2.36. The first-order valence-corrected chi connectivity index (χ1v) is 7.64. The van der Waals surface area contributed by atoms with Crippen LogP contribution in [0.5, 0.6) is 0 Å². The van der Waals surface area contributed by atoms with E-state index in [9.17, 15) is 19.8 Å². The van der Waals surface area contributed by atoms with Crippen LogP contribution < -0.4 is 10.6 Å². The lowest BCUT2D eigenvalue weighted by Gasteiger charge is -2.16. The lowest BCUT2D eigenvalue weighted by molar-refractivity contribution is -0.123. The van der Waals surface area contributed by atoms with Gasteiger partial charge in [-0.2, -0.15) is 0 Å². The summed E-state index contributed by atoms with van der Waals surface area (Å²) in [6.07, 6.45) is 0.552. The van der Waals surface area contributed by atoms with Crippen LogP contribution in [0.15, 0.2) is 41.7 Å². The Balaban J connectivity index is 2.15. The van der Waals surface area contributed by atoms with Crippen molar-refractivity contribution in [3.05, 3.63) is 47.2 Å². The van der Waals surface area contributed by atoms with Gasteiger partial charge in [0.25, 0.3) is 11.8 Å². The Kier molecular flexibility index (Phi) is 5.39. The first-order chi connectivity index (χ1) is 10.9. The van der Waals surface area contributed by atoms with Gasteiger partial charge in [-0.15, -0.1) is 0 Å². The molecule has 23 heavy (non-hydrogen) atoms. The van der Waals surface area contributed by atoms with Crippen molar-refractivity contribution in [1.82, 2.24) is 10.6 Å². The van der Waals surface area contributed by atoms with Crippen molar-refractivity contribution in [2.45, 2.75) is 32.4 Å². The first kappa shape index (κ1) is 17.0.